The van der Waals surface area contributed by atoms with E-state index >= 15 is 0 Å². The third-order valence-electron chi connectivity index (χ3n) is 3.65. The largest absolute Gasteiger partial charge is 0.494 e. The van der Waals surface area contributed by atoms with Crippen LogP contribution >= 0.6 is 0 Å². The molecule has 0 fully saturated rings. The molecule has 23 heavy (non-hydrogen) atoms. The van der Waals surface area contributed by atoms with E-state index < -0.39 is 0 Å². The molecule has 0 radical (unpaired) electrons. The zero-order chi connectivity index (χ0) is 16.5. The average Bonchev–Trinajstić information content (AvgIpc) is 3.06. The van der Waals surface area contributed by atoms with Gasteiger partial charge in [0, 0.05) is 6.42 Å². The molecule has 1 aromatic heterocycles. The van der Waals surface area contributed by atoms with E-state index in [0.29, 0.717) is 26.0 Å². The summed E-state index contributed by atoms with van der Waals surface area (Å²) >= 11 is 0. The van der Waals surface area contributed by atoms with Gasteiger partial charge in [0.25, 0.3) is 0 Å². The summed E-state index contributed by atoms with van der Waals surface area (Å²) in [5, 5.41) is 2.98. The summed E-state index contributed by atoms with van der Waals surface area (Å²) in [6, 6.07) is 13.6. The topological polar surface area (TPSA) is 55.9 Å². The van der Waals surface area contributed by atoms with Crippen LogP contribution in [0.25, 0.3) is 0 Å². The summed E-state index contributed by atoms with van der Waals surface area (Å²) in [4.78, 5) is 13.2. The maximum absolute atomic E-state index is 11.9. The molecule has 0 bridgehead atoms. The van der Waals surface area contributed by atoms with Crippen LogP contribution in [0.2, 0.25) is 0 Å². The van der Waals surface area contributed by atoms with Crippen LogP contribution in [0.3, 0.4) is 0 Å². The number of amides is 1. The van der Waals surface area contributed by atoms with E-state index in [-0.39, 0.29) is 11.9 Å². The van der Waals surface area contributed by atoms with Gasteiger partial charge in [-0.1, -0.05) is 18.2 Å². The first-order valence-corrected chi connectivity index (χ1v) is 7.95. The molecule has 1 amide bonds. The van der Waals surface area contributed by atoms with Crippen LogP contribution in [0.1, 0.15) is 24.6 Å². The molecule has 0 saturated heterocycles. The standard InChI is InChI=1S/C18H24N2O3/c1-20(2)16(17-10-6-13-23-17)14-19-18(21)11-7-12-22-15-8-4-3-5-9-15/h3-6,8-10,13,16H,7,11-12,14H2,1-2H3,(H,19,21)/p+1/t16-/m1/s1. The minimum absolute atomic E-state index is 0.0412. The molecule has 1 heterocycles. The van der Waals surface area contributed by atoms with Crippen molar-refractivity contribution in [1.82, 2.24) is 5.32 Å². The number of hydrogen-bond acceptors (Lipinski definition) is 3. The highest BCUT2D eigenvalue weighted by Crippen LogP contribution is 2.10. The summed E-state index contributed by atoms with van der Waals surface area (Å²) < 4.78 is 11.0. The first-order chi connectivity index (χ1) is 11.2. The van der Waals surface area contributed by atoms with Crippen LogP contribution in [-0.4, -0.2) is 33.2 Å². The Bertz CT molecular complexity index is 567. The Kier molecular flexibility index (Phi) is 6.69. The quantitative estimate of drug-likeness (QED) is 0.688. The van der Waals surface area contributed by atoms with E-state index in [1.807, 2.05) is 56.6 Å². The van der Waals surface area contributed by atoms with Gasteiger partial charge in [0.1, 0.15) is 5.75 Å². The summed E-state index contributed by atoms with van der Waals surface area (Å²) in [6.45, 7) is 1.10. The molecule has 1 atom stereocenters. The number of nitrogens with one attached hydrogen (secondary N) is 2. The molecular formula is C18H25N2O3+. The van der Waals surface area contributed by atoms with Crippen molar-refractivity contribution in [3.05, 3.63) is 54.5 Å². The predicted octanol–water partition coefficient (Wildman–Crippen LogP) is 1.44. The molecule has 2 aromatic rings. The first-order valence-electron chi connectivity index (χ1n) is 7.95. The van der Waals surface area contributed by atoms with Gasteiger partial charge in [0.05, 0.1) is 33.5 Å². The van der Waals surface area contributed by atoms with Crippen molar-refractivity contribution in [1.29, 1.82) is 0 Å². The summed E-state index contributed by atoms with van der Waals surface area (Å²) in [5.74, 6) is 1.76. The molecule has 0 aliphatic carbocycles. The normalized spacial score (nSPS) is 12.1. The number of carbonyl (C=O) groups is 1. The van der Waals surface area contributed by atoms with Gasteiger partial charge in [-0.15, -0.1) is 0 Å². The lowest BCUT2D eigenvalue weighted by Gasteiger charge is -2.19. The molecule has 0 saturated carbocycles. The van der Waals surface area contributed by atoms with Gasteiger partial charge >= 0.3 is 0 Å². The molecular weight excluding hydrogens is 292 g/mol. The summed E-state index contributed by atoms with van der Waals surface area (Å²) in [6.07, 6.45) is 2.81. The van der Waals surface area contributed by atoms with Crippen molar-refractivity contribution in [3.63, 3.8) is 0 Å². The lowest BCUT2D eigenvalue weighted by Crippen LogP contribution is -3.07. The highest BCUT2D eigenvalue weighted by Gasteiger charge is 2.21. The zero-order valence-corrected chi connectivity index (χ0v) is 13.7. The number of rotatable bonds is 9. The van der Waals surface area contributed by atoms with E-state index in [0.717, 1.165) is 11.5 Å². The molecule has 2 N–H and O–H groups in total. The highest BCUT2D eigenvalue weighted by molar-refractivity contribution is 5.75. The Hall–Kier alpha value is -2.27. The van der Waals surface area contributed by atoms with Gasteiger partial charge in [-0.3, -0.25) is 4.79 Å². The SMILES string of the molecule is C[NH+](C)[C@H](CNC(=O)CCCOc1ccccc1)c1ccco1. The minimum Gasteiger partial charge on any atom is -0.494 e. The zero-order valence-electron chi connectivity index (χ0n) is 13.7. The molecule has 0 aliphatic rings. The molecule has 5 heteroatoms. The third kappa shape index (κ3) is 5.79. The van der Waals surface area contributed by atoms with Gasteiger partial charge in [0.15, 0.2) is 11.8 Å². The minimum atomic E-state index is 0.0412. The maximum Gasteiger partial charge on any atom is 0.220 e. The smallest absolute Gasteiger partial charge is 0.220 e. The Morgan fingerprint density at radius 1 is 1.22 bits per heavy atom. The highest BCUT2D eigenvalue weighted by atomic mass is 16.5. The molecule has 2 rings (SSSR count). The lowest BCUT2D eigenvalue weighted by atomic mass is 10.2. The Labute approximate surface area is 137 Å². The fourth-order valence-electron chi connectivity index (χ4n) is 2.32. The van der Waals surface area contributed by atoms with E-state index in [2.05, 4.69) is 5.32 Å². The van der Waals surface area contributed by atoms with Crippen molar-refractivity contribution < 1.29 is 18.8 Å². The number of hydrogen-bond donors (Lipinski definition) is 2. The van der Waals surface area contributed by atoms with Gasteiger partial charge in [-0.05, 0) is 30.7 Å². The van der Waals surface area contributed by atoms with Gasteiger partial charge in [0.2, 0.25) is 5.91 Å². The predicted molar refractivity (Wildman–Crippen MR) is 88.4 cm³/mol. The second-order valence-corrected chi connectivity index (χ2v) is 5.71. The van der Waals surface area contributed by atoms with Crippen LogP contribution in [0, 0.1) is 0 Å². The molecule has 0 aliphatic heterocycles. The van der Waals surface area contributed by atoms with Crippen molar-refractivity contribution >= 4 is 5.91 Å². The number of ether oxygens (including phenoxy) is 1. The fraction of sp³-hybridized carbons (Fsp3) is 0.389. The fourth-order valence-corrected chi connectivity index (χ4v) is 2.32. The first kappa shape index (κ1) is 17.1. The van der Waals surface area contributed by atoms with Gasteiger partial charge in [-0.2, -0.15) is 0 Å². The van der Waals surface area contributed by atoms with Crippen LogP contribution in [-0.2, 0) is 4.79 Å². The van der Waals surface area contributed by atoms with Gasteiger partial charge in [-0.25, -0.2) is 0 Å². The average molecular weight is 317 g/mol. The number of para-hydroxylation sites is 1. The Morgan fingerprint density at radius 2 is 2.00 bits per heavy atom. The number of furan rings is 1. The van der Waals surface area contributed by atoms with E-state index in [1.165, 1.54) is 4.90 Å². The summed E-state index contributed by atoms with van der Waals surface area (Å²) in [5.41, 5.74) is 0. The van der Waals surface area contributed by atoms with Crippen LogP contribution in [0.4, 0.5) is 0 Å². The molecule has 0 spiro atoms. The van der Waals surface area contributed by atoms with Gasteiger partial charge < -0.3 is 19.4 Å². The van der Waals surface area contributed by atoms with Crippen LogP contribution in [0.15, 0.2) is 53.1 Å². The molecule has 124 valence electrons. The number of benzene rings is 1. The van der Waals surface area contributed by atoms with E-state index in [9.17, 15) is 4.79 Å². The second kappa shape index (κ2) is 9.00. The van der Waals surface area contributed by atoms with Crippen molar-refractivity contribution in [2.75, 3.05) is 27.2 Å². The van der Waals surface area contributed by atoms with Crippen LogP contribution < -0.4 is 15.0 Å². The Balaban J connectivity index is 1.66. The number of carbonyl (C=O) groups excluding carboxylic acids is 1. The van der Waals surface area contributed by atoms with Crippen molar-refractivity contribution in [2.24, 2.45) is 0 Å². The van der Waals surface area contributed by atoms with E-state index in [4.69, 9.17) is 9.15 Å². The van der Waals surface area contributed by atoms with Crippen molar-refractivity contribution in [3.8, 4) is 5.75 Å². The third-order valence-corrected chi connectivity index (χ3v) is 3.65. The lowest BCUT2D eigenvalue weighted by molar-refractivity contribution is -0.891. The summed E-state index contributed by atoms with van der Waals surface area (Å²) in [7, 11) is 4.10. The molecule has 0 unspecified atom stereocenters. The molecule has 1 aromatic carbocycles. The molecule has 5 nitrogen and oxygen atoms in total. The number of likely N-dealkylation sites (N-methyl/N-ethyl adjacent to an activating group) is 1. The monoisotopic (exact) mass is 317 g/mol. The van der Waals surface area contributed by atoms with E-state index in [1.54, 1.807) is 6.26 Å². The van der Waals surface area contributed by atoms with Crippen LogP contribution in [0.5, 0.6) is 5.75 Å². The second-order valence-electron chi connectivity index (χ2n) is 5.71. The Morgan fingerprint density at radius 3 is 2.65 bits per heavy atom. The maximum atomic E-state index is 11.9. The number of quaternary nitrogens is 1. The van der Waals surface area contributed by atoms with Crippen molar-refractivity contribution in [2.45, 2.75) is 18.9 Å².